The lowest BCUT2D eigenvalue weighted by Crippen LogP contribution is -2.12. The number of hydrogen-bond acceptors (Lipinski definition) is 4. The van der Waals surface area contributed by atoms with Crippen LogP contribution in [-0.2, 0) is 13.1 Å². The highest BCUT2D eigenvalue weighted by molar-refractivity contribution is 5.27. The van der Waals surface area contributed by atoms with Gasteiger partial charge >= 0.3 is 0 Å². The van der Waals surface area contributed by atoms with Gasteiger partial charge in [-0.25, -0.2) is 0 Å². The maximum atomic E-state index is 5.59. The van der Waals surface area contributed by atoms with Crippen molar-refractivity contribution < 1.29 is 9.26 Å². The maximum Gasteiger partial charge on any atom is 0.124 e. The molecule has 18 heavy (non-hydrogen) atoms. The van der Waals surface area contributed by atoms with E-state index in [1.54, 1.807) is 6.26 Å². The zero-order valence-corrected chi connectivity index (χ0v) is 10.7. The lowest BCUT2D eigenvalue weighted by Gasteiger charge is -2.10. The van der Waals surface area contributed by atoms with E-state index >= 15 is 0 Å². The Balaban J connectivity index is 1.79. The van der Waals surface area contributed by atoms with E-state index in [9.17, 15) is 0 Å². The summed E-state index contributed by atoms with van der Waals surface area (Å²) >= 11 is 0. The average molecular weight is 246 g/mol. The van der Waals surface area contributed by atoms with Crippen LogP contribution in [0.4, 0.5) is 0 Å². The highest BCUT2D eigenvalue weighted by atomic mass is 16.5. The van der Waals surface area contributed by atoms with Gasteiger partial charge in [-0.05, 0) is 31.5 Å². The molecule has 0 unspecified atom stereocenters. The molecular formula is C14H18N2O2. The molecule has 2 rings (SSSR count). The van der Waals surface area contributed by atoms with Crippen molar-refractivity contribution >= 4 is 0 Å². The summed E-state index contributed by atoms with van der Waals surface area (Å²) in [6.45, 7) is 5.55. The Hall–Kier alpha value is -1.81. The van der Waals surface area contributed by atoms with E-state index in [-0.39, 0.29) is 6.10 Å². The Morgan fingerprint density at radius 3 is 2.56 bits per heavy atom. The molecule has 0 aliphatic rings. The van der Waals surface area contributed by atoms with Gasteiger partial charge in [0.05, 0.1) is 11.8 Å². The molecule has 1 aromatic carbocycles. The third-order valence-electron chi connectivity index (χ3n) is 2.42. The summed E-state index contributed by atoms with van der Waals surface area (Å²) in [5.74, 6) is 0.908. The molecule has 4 heteroatoms. The summed E-state index contributed by atoms with van der Waals surface area (Å²) in [4.78, 5) is 0. The highest BCUT2D eigenvalue weighted by Gasteiger charge is 1.99. The van der Waals surface area contributed by atoms with Gasteiger partial charge in [-0.15, -0.1) is 0 Å². The number of nitrogens with zero attached hydrogens (tertiary/aromatic N) is 1. The van der Waals surface area contributed by atoms with Crippen LogP contribution in [0.5, 0.6) is 5.75 Å². The van der Waals surface area contributed by atoms with E-state index in [1.807, 2.05) is 32.0 Å². The van der Waals surface area contributed by atoms with Crippen LogP contribution in [0, 0.1) is 0 Å². The Bertz CT molecular complexity index is 449. The van der Waals surface area contributed by atoms with Crippen molar-refractivity contribution in [3.05, 3.63) is 47.9 Å². The zero-order chi connectivity index (χ0) is 12.8. The Morgan fingerprint density at radius 1 is 1.17 bits per heavy atom. The molecule has 0 fully saturated rings. The topological polar surface area (TPSA) is 47.3 Å². The SMILES string of the molecule is CC(C)Oc1ccc(CNCc2ccon2)cc1. The van der Waals surface area contributed by atoms with Gasteiger partial charge in [0.25, 0.3) is 0 Å². The number of rotatable bonds is 6. The van der Waals surface area contributed by atoms with Crippen molar-refractivity contribution in [1.82, 2.24) is 10.5 Å². The third-order valence-corrected chi connectivity index (χ3v) is 2.42. The monoisotopic (exact) mass is 246 g/mol. The van der Waals surface area contributed by atoms with Gasteiger partial charge in [0, 0.05) is 19.2 Å². The molecule has 1 heterocycles. The number of ether oxygens (including phenoxy) is 1. The molecule has 0 radical (unpaired) electrons. The molecule has 0 bridgehead atoms. The van der Waals surface area contributed by atoms with E-state index in [0.29, 0.717) is 6.54 Å². The van der Waals surface area contributed by atoms with Gasteiger partial charge in [0.2, 0.25) is 0 Å². The molecule has 0 aliphatic heterocycles. The number of benzene rings is 1. The minimum absolute atomic E-state index is 0.209. The average Bonchev–Trinajstić information content (AvgIpc) is 2.84. The van der Waals surface area contributed by atoms with Crippen molar-refractivity contribution in [2.75, 3.05) is 0 Å². The Labute approximate surface area is 107 Å². The van der Waals surface area contributed by atoms with Crippen LogP contribution in [0.3, 0.4) is 0 Å². The van der Waals surface area contributed by atoms with Crippen LogP contribution in [0.1, 0.15) is 25.1 Å². The van der Waals surface area contributed by atoms with Crippen LogP contribution in [-0.4, -0.2) is 11.3 Å². The zero-order valence-electron chi connectivity index (χ0n) is 10.7. The van der Waals surface area contributed by atoms with Gasteiger partial charge in [-0.1, -0.05) is 17.3 Å². The number of hydrogen-bond donors (Lipinski definition) is 1. The van der Waals surface area contributed by atoms with Gasteiger partial charge in [0.15, 0.2) is 0 Å². The molecule has 0 amide bonds. The van der Waals surface area contributed by atoms with Crippen LogP contribution < -0.4 is 10.1 Å². The van der Waals surface area contributed by atoms with Gasteiger partial charge in [-0.3, -0.25) is 0 Å². The smallest absolute Gasteiger partial charge is 0.124 e. The van der Waals surface area contributed by atoms with Crippen LogP contribution in [0.2, 0.25) is 0 Å². The molecule has 4 nitrogen and oxygen atoms in total. The fourth-order valence-electron chi connectivity index (χ4n) is 1.62. The summed E-state index contributed by atoms with van der Waals surface area (Å²) in [7, 11) is 0. The van der Waals surface area contributed by atoms with Crippen molar-refractivity contribution in [2.24, 2.45) is 0 Å². The second kappa shape index (κ2) is 6.21. The van der Waals surface area contributed by atoms with E-state index in [4.69, 9.17) is 9.26 Å². The molecule has 2 aromatic rings. The minimum atomic E-state index is 0.209. The van der Waals surface area contributed by atoms with Crippen molar-refractivity contribution in [3.8, 4) is 5.75 Å². The highest BCUT2D eigenvalue weighted by Crippen LogP contribution is 2.13. The third kappa shape index (κ3) is 3.89. The Kier molecular flexibility index (Phi) is 4.36. The summed E-state index contributed by atoms with van der Waals surface area (Å²) in [5, 5.41) is 7.14. The van der Waals surface area contributed by atoms with E-state index < -0.39 is 0 Å². The fraction of sp³-hybridized carbons (Fsp3) is 0.357. The van der Waals surface area contributed by atoms with Crippen molar-refractivity contribution in [3.63, 3.8) is 0 Å². The van der Waals surface area contributed by atoms with E-state index in [0.717, 1.165) is 18.0 Å². The normalized spacial score (nSPS) is 10.8. The first-order valence-corrected chi connectivity index (χ1v) is 6.09. The van der Waals surface area contributed by atoms with Crippen LogP contribution in [0.15, 0.2) is 41.1 Å². The lowest BCUT2D eigenvalue weighted by molar-refractivity contribution is 0.242. The van der Waals surface area contributed by atoms with Gasteiger partial charge in [0.1, 0.15) is 12.0 Å². The molecule has 0 spiro atoms. The summed E-state index contributed by atoms with van der Waals surface area (Å²) < 4.78 is 10.4. The van der Waals surface area contributed by atoms with Crippen LogP contribution >= 0.6 is 0 Å². The quantitative estimate of drug-likeness (QED) is 0.851. The molecule has 0 aliphatic carbocycles. The molecule has 1 aromatic heterocycles. The molecular weight excluding hydrogens is 228 g/mol. The summed E-state index contributed by atoms with van der Waals surface area (Å²) in [5.41, 5.74) is 2.13. The number of nitrogens with one attached hydrogen (secondary N) is 1. The summed E-state index contributed by atoms with van der Waals surface area (Å²) in [6.07, 6.45) is 1.79. The first-order valence-electron chi connectivity index (χ1n) is 6.09. The second-order valence-corrected chi connectivity index (χ2v) is 4.40. The molecule has 1 N–H and O–H groups in total. The molecule has 0 saturated carbocycles. The standard InChI is InChI=1S/C14H18N2O2/c1-11(2)18-14-5-3-12(4-6-14)9-15-10-13-7-8-17-16-13/h3-8,11,15H,9-10H2,1-2H3. The largest absolute Gasteiger partial charge is 0.491 e. The van der Waals surface area contributed by atoms with Crippen molar-refractivity contribution in [2.45, 2.75) is 33.0 Å². The first-order chi connectivity index (χ1) is 8.74. The second-order valence-electron chi connectivity index (χ2n) is 4.40. The predicted molar refractivity (Wildman–Crippen MR) is 69.3 cm³/mol. The molecule has 0 atom stereocenters. The lowest BCUT2D eigenvalue weighted by atomic mass is 10.2. The predicted octanol–water partition coefficient (Wildman–Crippen LogP) is 2.75. The minimum Gasteiger partial charge on any atom is -0.491 e. The van der Waals surface area contributed by atoms with Crippen molar-refractivity contribution in [1.29, 1.82) is 0 Å². The van der Waals surface area contributed by atoms with E-state index in [2.05, 4.69) is 22.6 Å². The molecule has 0 saturated heterocycles. The maximum absolute atomic E-state index is 5.59. The van der Waals surface area contributed by atoms with E-state index in [1.165, 1.54) is 5.56 Å². The van der Waals surface area contributed by atoms with Gasteiger partial charge in [-0.2, -0.15) is 0 Å². The Morgan fingerprint density at radius 2 is 1.94 bits per heavy atom. The number of aromatic nitrogens is 1. The van der Waals surface area contributed by atoms with Crippen LogP contribution in [0.25, 0.3) is 0 Å². The summed E-state index contributed by atoms with van der Waals surface area (Å²) in [6, 6.07) is 9.97. The molecule has 96 valence electrons. The fourth-order valence-corrected chi connectivity index (χ4v) is 1.62. The van der Waals surface area contributed by atoms with Gasteiger partial charge < -0.3 is 14.6 Å². The first kappa shape index (κ1) is 12.6.